The first kappa shape index (κ1) is 17.6. The van der Waals surface area contributed by atoms with Crippen molar-refractivity contribution in [2.75, 3.05) is 6.61 Å². The molecule has 0 fully saturated rings. The number of benzene rings is 2. The Balaban J connectivity index is 2.09. The lowest BCUT2D eigenvalue weighted by molar-refractivity contribution is 0.300. The Bertz CT molecular complexity index is 852. The van der Waals surface area contributed by atoms with E-state index in [9.17, 15) is 5.11 Å². The van der Waals surface area contributed by atoms with Crippen molar-refractivity contribution in [2.45, 2.75) is 38.6 Å². The van der Waals surface area contributed by atoms with Gasteiger partial charge in [-0.05, 0) is 53.0 Å². The minimum Gasteiger partial charge on any atom is -0.396 e. The summed E-state index contributed by atoms with van der Waals surface area (Å²) in [5, 5.41) is 11.8. The lowest BCUT2D eigenvalue weighted by atomic mass is 9.84. The highest BCUT2D eigenvalue weighted by Crippen LogP contribution is 2.32. The van der Waals surface area contributed by atoms with Crippen molar-refractivity contribution in [3.05, 3.63) is 66.0 Å². The Hall–Kier alpha value is -2.23. The number of hydrogen-bond donors (Lipinski definition) is 2. The average Bonchev–Trinajstić information content (AvgIpc) is 2.68. The average molecular weight is 334 g/mol. The molecule has 3 aromatic rings. The highest BCUT2D eigenvalue weighted by atomic mass is 16.2. The van der Waals surface area contributed by atoms with Crippen molar-refractivity contribution in [3.63, 3.8) is 0 Å². The number of rotatable bonds is 6. The molecule has 3 N–H and O–H groups in total. The number of fused-ring (bicyclic) bond motifs is 1. The van der Waals surface area contributed by atoms with Crippen molar-refractivity contribution < 1.29 is 5.11 Å². The molecular formula is C22H26N2O. The zero-order valence-electron chi connectivity index (χ0n) is 15.0. The van der Waals surface area contributed by atoms with Gasteiger partial charge in [-0.15, -0.1) is 0 Å². The quantitative estimate of drug-likeness (QED) is 0.702. The van der Waals surface area contributed by atoms with Gasteiger partial charge in [-0.25, -0.2) is 0 Å². The number of nitrogens with two attached hydrogens (primary N) is 1. The molecule has 0 radical (unpaired) electrons. The Morgan fingerprint density at radius 1 is 1.00 bits per heavy atom. The fourth-order valence-electron chi connectivity index (χ4n) is 3.52. The van der Waals surface area contributed by atoms with E-state index in [1.807, 2.05) is 12.3 Å². The minimum absolute atomic E-state index is 0.129. The van der Waals surface area contributed by atoms with Crippen LogP contribution < -0.4 is 5.73 Å². The van der Waals surface area contributed by atoms with Crippen molar-refractivity contribution in [3.8, 4) is 11.1 Å². The standard InChI is InChI=1S/C22H26N2O/c1-3-22(23,4-2)18-8-5-16(6-9-18)19-10-7-17-15-24-13-11-20(17)21(19)12-14-25/h5-11,13,15,25H,3-4,12,14,23H2,1-2H3. The lowest BCUT2D eigenvalue weighted by Gasteiger charge is -2.27. The third-order valence-corrected chi connectivity index (χ3v) is 5.33. The maximum atomic E-state index is 9.53. The van der Waals surface area contributed by atoms with Gasteiger partial charge in [0.25, 0.3) is 0 Å². The van der Waals surface area contributed by atoms with Crippen LogP contribution in [0.2, 0.25) is 0 Å². The molecule has 0 saturated carbocycles. The number of hydrogen-bond acceptors (Lipinski definition) is 3. The van der Waals surface area contributed by atoms with E-state index in [-0.39, 0.29) is 12.1 Å². The summed E-state index contributed by atoms with van der Waals surface area (Å²) in [5.74, 6) is 0. The number of aliphatic hydroxyl groups excluding tert-OH is 1. The molecule has 0 unspecified atom stereocenters. The van der Waals surface area contributed by atoms with E-state index < -0.39 is 0 Å². The lowest BCUT2D eigenvalue weighted by Crippen LogP contribution is -2.34. The predicted octanol–water partition coefficient (Wildman–Crippen LogP) is 4.41. The third-order valence-electron chi connectivity index (χ3n) is 5.33. The molecule has 0 aliphatic carbocycles. The number of nitrogens with zero attached hydrogens (tertiary/aromatic N) is 1. The SMILES string of the molecule is CCC(N)(CC)c1ccc(-c2ccc3cnccc3c2CCO)cc1. The van der Waals surface area contributed by atoms with Crippen LogP contribution >= 0.6 is 0 Å². The van der Waals surface area contributed by atoms with Crippen LogP contribution in [-0.2, 0) is 12.0 Å². The van der Waals surface area contributed by atoms with Crippen molar-refractivity contribution in [2.24, 2.45) is 5.73 Å². The van der Waals surface area contributed by atoms with Crippen LogP contribution in [0.4, 0.5) is 0 Å². The molecule has 2 aromatic carbocycles. The second kappa shape index (κ2) is 7.34. The summed E-state index contributed by atoms with van der Waals surface area (Å²) in [6.07, 6.45) is 6.14. The monoisotopic (exact) mass is 334 g/mol. The Labute approximate surface area is 149 Å². The summed E-state index contributed by atoms with van der Waals surface area (Å²) in [5.41, 5.74) is 10.9. The molecule has 1 heterocycles. The van der Waals surface area contributed by atoms with Crippen molar-refractivity contribution >= 4 is 10.8 Å². The summed E-state index contributed by atoms with van der Waals surface area (Å²) < 4.78 is 0. The number of pyridine rings is 1. The van der Waals surface area contributed by atoms with Gasteiger partial charge < -0.3 is 10.8 Å². The molecule has 0 aliphatic heterocycles. The van der Waals surface area contributed by atoms with E-state index in [4.69, 9.17) is 5.73 Å². The van der Waals surface area contributed by atoms with E-state index in [2.05, 4.69) is 55.2 Å². The second-order valence-electron chi connectivity index (χ2n) is 6.60. The van der Waals surface area contributed by atoms with Crippen LogP contribution in [0.5, 0.6) is 0 Å². The van der Waals surface area contributed by atoms with Gasteiger partial charge in [0.2, 0.25) is 0 Å². The van der Waals surface area contributed by atoms with E-state index in [0.717, 1.165) is 34.7 Å². The Kier molecular flexibility index (Phi) is 5.16. The van der Waals surface area contributed by atoms with Crippen LogP contribution in [0.1, 0.15) is 37.8 Å². The van der Waals surface area contributed by atoms with Gasteiger partial charge in [0.05, 0.1) is 0 Å². The van der Waals surface area contributed by atoms with Gasteiger partial charge in [-0.2, -0.15) is 0 Å². The fourth-order valence-corrected chi connectivity index (χ4v) is 3.52. The first-order valence-electron chi connectivity index (χ1n) is 8.99. The largest absolute Gasteiger partial charge is 0.396 e. The van der Waals surface area contributed by atoms with Gasteiger partial charge in [-0.3, -0.25) is 4.98 Å². The van der Waals surface area contributed by atoms with Crippen molar-refractivity contribution in [1.82, 2.24) is 4.98 Å². The zero-order valence-corrected chi connectivity index (χ0v) is 15.0. The molecule has 0 atom stereocenters. The normalized spacial score (nSPS) is 11.8. The maximum absolute atomic E-state index is 9.53. The Morgan fingerprint density at radius 2 is 1.72 bits per heavy atom. The van der Waals surface area contributed by atoms with Crippen LogP contribution in [0.3, 0.4) is 0 Å². The van der Waals surface area contributed by atoms with Gasteiger partial charge in [0.1, 0.15) is 0 Å². The number of aromatic nitrogens is 1. The van der Waals surface area contributed by atoms with Crippen LogP contribution in [0.25, 0.3) is 21.9 Å². The summed E-state index contributed by atoms with van der Waals surface area (Å²) in [7, 11) is 0. The van der Waals surface area contributed by atoms with Gasteiger partial charge in [0, 0.05) is 29.9 Å². The fraction of sp³-hybridized carbons (Fsp3) is 0.318. The van der Waals surface area contributed by atoms with E-state index in [1.165, 1.54) is 11.1 Å². The zero-order chi connectivity index (χ0) is 17.9. The molecule has 3 rings (SSSR count). The van der Waals surface area contributed by atoms with Crippen molar-refractivity contribution in [1.29, 1.82) is 0 Å². The summed E-state index contributed by atoms with van der Waals surface area (Å²) in [4.78, 5) is 4.20. The van der Waals surface area contributed by atoms with Crippen LogP contribution in [0.15, 0.2) is 54.9 Å². The molecule has 3 heteroatoms. The molecule has 0 spiro atoms. The first-order valence-corrected chi connectivity index (χ1v) is 8.99. The summed E-state index contributed by atoms with van der Waals surface area (Å²) in [6.45, 7) is 4.40. The summed E-state index contributed by atoms with van der Waals surface area (Å²) >= 11 is 0. The first-order chi connectivity index (χ1) is 12.1. The van der Waals surface area contributed by atoms with Crippen LogP contribution in [-0.4, -0.2) is 16.7 Å². The van der Waals surface area contributed by atoms with Gasteiger partial charge >= 0.3 is 0 Å². The molecule has 130 valence electrons. The maximum Gasteiger partial charge on any atom is 0.0471 e. The predicted molar refractivity (Wildman–Crippen MR) is 104 cm³/mol. The molecule has 0 saturated heterocycles. The van der Waals surface area contributed by atoms with Gasteiger partial charge in [0.15, 0.2) is 0 Å². The van der Waals surface area contributed by atoms with E-state index in [0.29, 0.717) is 6.42 Å². The number of aliphatic hydroxyl groups is 1. The minimum atomic E-state index is -0.262. The molecule has 0 amide bonds. The molecule has 1 aromatic heterocycles. The second-order valence-corrected chi connectivity index (χ2v) is 6.60. The van der Waals surface area contributed by atoms with E-state index in [1.54, 1.807) is 6.20 Å². The molecule has 0 aliphatic rings. The molecular weight excluding hydrogens is 308 g/mol. The molecule has 0 bridgehead atoms. The highest BCUT2D eigenvalue weighted by Gasteiger charge is 2.22. The Morgan fingerprint density at radius 3 is 2.36 bits per heavy atom. The van der Waals surface area contributed by atoms with E-state index >= 15 is 0 Å². The van der Waals surface area contributed by atoms with Gasteiger partial charge in [-0.1, -0.05) is 50.2 Å². The summed E-state index contributed by atoms with van der Waals surface area (Å²) in [6, 6.07) is 14.8. The highest BCUT2D eigenvalue weighted by molar-refractivity contribution is 5.91. The molecule has 3 nitrogen and oxygen atoms in total. The molecule has 25 heavy (non-hydrogen) atoms. The topological polar surface area (TPSA) is 59.1 Å². The van der Waals surface area contributed by atoms with Crippen LogP contribution in [0, 0.1) is 0 Å². The smallest absolute Gasteiger partial charge is 0.0471 e. The third kappa shape index (κ3) is 3.30.